The molecule has 4 heteroatoms. The Morgan fingerprint density at radius 1 is 1.35 bits per heavy atom. The van der Waals surface area contributed by atoms with Gasteiger partial charge in [-0.25, -0.2) is 0 Å². The highest BCUT2D eigenvalue weighted by molar-refractivity contribution is 9.10. The normalized spacial score (nSPS) is 12.2. The van der Waals surface area contributed by atoms with Crippen LogP contribution in [0.1, 0.15) is 29.9 Å². The molecule has 2 aromatic rings. The number of carbonyl (C=O) groups excluding carboxylic acids is 1. The number of nitrogens with one attached hydrogen (secondary N) is 1. The van der Waals surface area contributed by atoms with Crippen LogP contribution in [0.4, 0.5) is 0 Å². The van der Waals surface area contributed by atoms with Gasteiger partial charge in [-0.2, -0.15) is 0 Å². The number of benzene rings is 1. The van der Waals surface area contributed by atoms with Crippen molar-refractivity contribution in [3.8, 4) is 0 Å². The Kier molecular flexibility index (Phi) is 5.01. The summed E-state index contributed by atoms with van der Waals surface area (Å²) in [6.45, 7) is 4.83. The molecule has 0 spiro atoms. The Morgan fingerprint density at radius 2 is 2.05 bits per heavy atom. The van der Waals surface area contributed by atoms with E-state index in [2.05, 4.69) is 33.4 Å². The molecule has 0 aliphatic heterocycles. The lowest BCUT2D eigenvalue weighted by atomic mass is 10.1. The summed E-state index contributed by atoms with van der Waals surface area (Å²) in [5, 5.41) is 3.05. The van der Waals surface area contributed by atoms with Gasteiger partial charge in [0, 0.05) is 23.3 Å². The SMILES string of the molecule is CCn1cc(Br)cc1C(=O)NC(C)Cc1ccccc1. The van der Waals surface area contributed by atoms with Gasteiger partial charge in [0.1, 0.15) is 5.69 Å². The Morgan fingerprint density at radius 3 is 2.70 bits per heavy atom. The van der Waals surface area contributed by atoms with Crippen molar-refractivity contribution in [2.24, 2.45) is 0 Å². The smallest absolute Gasteiger partial charge is 0.268 e. The van der Waals surface area contributed by atoms with E-state index in [-0.39, 0.29) is 11.9 Å². The molecule has 2 rings (SSSR count). The Labute approximate surface area is 128 Å². The maximum absolute atomic E-state index is 12.3. The molecule has 1 aromatic carbocycles. The molecule has 1 atom stereocenters. The number of aryl methyl sites for hydroxylation is 1. The number of aromatic nitrogens is 1. The molecule has 0 saturated heterocycles. The van der Waals surface area contributed by atoms with Gasteiger partial charge in [-0.1, -0.05) is 30.3 Å². The molecule has 20 heavy (non-hydrogen) atoms. The number of nitrogens with zero attached hydrogens (tertiary/aromatic N) is 1. The zero-order chi connectivity index (χ0) is 14.5. The van der Waals surface area contributed by atoms with E-state index in [9.17, 15) is 4.79 Å². The summed E-state index contributed by atoms with van der Waals surface area (Å²) in [5.41, 5.74) is 1.92. The molecule has 1 amide bonds. The van der Waals surface area contributed by atoms with Gasteiger partial charge < -0.3 is 9.88 Å². The van der Waals surface area contributed by atoms with E-state index in [1.54, 1.807) is 0 Å². The molecule has 1 N–H and O–H groups in total. The first kappa shape index (κ1) is 14.9. The van der Waals surface area contributed by atoms with Crippen LogP contribution in [0.15, 0.2) is 47.1 Å². The van der Waals surface area contributed by atoms with Crippen molar-refractivity contribution in [3.05, 3.63) is 58.3 Å². The quantitative estimate of drug-likeness (QED) is 0.889. The lowest BCUT2D eigenvalue weighted by molar-refractivity contribution is 0.0931. The summed E-state index contributed by atoms with van der Waals surface area (Å²) in [6.07, 6.45) is 2.76. The molecule has 106 valence electrons. The zero-order valence-electron chi connectivity index (χ0n) is 11.8. The second kappa shape index (κ2) is 6.75. The highest BCUT2D eigenvalue weighted by Gasteiger charge is 2.14. The first-order valence-electron chi connectivity index (χ1n) is 6.80. The predicted molar refractivity (Wildman–Crippen MR) is 84.9 cm³/mol. The minimum absolute atomic E-state index is 0.0269. The molecular weight excluding hydrogens is 316 g/mol. The van der Waals surface area contributed by atoms with E-state index in [0.717, 1.165) is 17.4 Å². The minimum atomic E-state index is -0.0269. The van der Waals surface area contributed by atoms with Gasteiger partial charge in [-0.05, 0) is 47.8 Å². The van der Waals surface area contributed by atoms with Crippen LogP contribution < -0.4 is 5.32 Å². The van der Waals surface area contributed by atoms with Crippen molar-refractivity contribution in [2.75, 3.05) is 0 Å². The maximum Gasteiger partial charge on any atom is 0.268 e. The molecule has 0 bridgehead atoms. The second-order valence-corrected chi connectivity index (χ2v) is 5.81. The van der Waals surface area contributed by atoms with Crippen molar-refractivity contribution in [2.45, 2.75) is 32.9 Å². The zero-order valence-corrected chi connectivity index (χ0v) is 13.4. The van der Waals surface area contributed by atoms with E-state index in [0.29, 0.717) is 5.69 Å². The van der Waals surface area contributed by atoms with Gasteiger partial charge in [-0.15, -0.1) is 0 Å². The molecule has 0 aliphatic rings. The summed E-state index contributed by atoms with van der Waals surface area (Å²) >= 11 is 3.41. The van der Waals surface area contributed by atoms with Crippen molar-refractivity contribution < 1.29 is 4.79 Å². The van der Waals surface area contributed by atoms with Gasteiger partial charge in [0.25, 0.3) is 5.91 Å². The summed E-state index contributed by atoms with van der Waals surface area (Å²) in [6, 6.07) is 12.1. The third-order valence-electron chi connectivity index (χ3n) is 3.20. The van der Waals surface area contributed by atoms with Crippen LogP contribution in [0.3, 0.4) is 0 Å². The van der Waals surface area contributed by atoms with Crippen molar-refractivity contribution >= 4 is 21.8 Å². The fourth-order valence-electron chi connectivity index (χ4n) is 2.24. The Bertz CT molecular complexity index is 577. The molecule has 3 nitrogen and oxygen atoms in total. The standard InChI is InChI=1S/C16H19BrN2O/c1-3-19-11-14(17)10-15(19)16(20)18-12(2)9-13-7-5-4-6-8-13/h4-8,10-12H,3,9H2,1-2H3,(H,18,20). The average molecular weight is 335 g/mol. The first-order valence-corrected chi connectivity index (χ1v) is 7.60. The van der Waals surface area contributed by atoms with Gasteiger partial charge in [-0.3, -0.25) is 4.79 Å². The number of carbonyl (C=O) groups is 1. The van der Waals surface area contributed by atoms with E-state index in [1.165, 1.54) is 5.56 Å². The van der Waals surface area contributed by atoms with E-state index in [1.807, 2.05) is 48.9 Å². The molecule has 1 aromatic heterocycles. The molecule has 0 fully saturated rings. The van der Waals surface area contributed by atoms with Crippen LogP contribution in [0.25, 0.3) is 0 Å². The number of hydrogen-bond donors (Lipinski definition) is 1. The highest BCUT2D eigenvalue weighted by atomic mass is 79.9. The maximum atomic E-state index is 12.3. The number of halogens is 1. The van der Waals surface area contributed by atoms with Gasteiger partial charge in [0.2, 0.25) is 0 Å². The Balaban J connectivity index is 2.00. The summed E-state index contributed by atoms with van der Waals surface area (Å²) in [4.78, 5) is 12.3. The van der Waals surface area contributed by atoms with E-state index < -0.39 is 0 Å². The van der Waals surface area contributed by atoms with Crippen LogP contribution in [0.2, 0.25) is 0 Å². The van der Waals surface area contributed by atoms with Gasteiger partial charge in [0.15, 0.2) is 0 Å². The van der Waals surface area contributed by atoms with Crippen LogP contribution in [0.5, 0.6) is 0 Å². The monoisotopic (exact) mass is 334 g/mol. The Hall–Kier alpha value is -1.55. The van der Waals surface area contributed by atoms with Gasteiger partial charge in [0.05, 0.1) is 0 Å². The minimum Gasteiger partial charge on any atom is -0.348 e. The molecule has 1 heterocycles. The fourth-order valence-corrected chi connectivity index (χ4v) is 2.71. The van der Waals surface area contributed by atoms with Crippen molar-refractivity contribution in [1.82, 2.24) is 9.88 Å². The topological polar surface area (TPSA) is 34.0 Å². The summed E-state index contributed by atoms with van der Waals surface area (Å²) < 4.78 is 2.87. The number of amides is 1. The molecule has 1 unspecified atom stereocenters. The predicted octanol–water partition coefficient (Wildman–Crippen LogP) is 3.63. The number of rotatable bonds is 5. The van der Waals surface area contributed by atoms with Crippen LogP contribution in [-0.4, -0.2) is 16.5 Å². The van der Waals surface area contributed by atoms with Crippen LogP contribution >= 0.6 is 15.9 Å². The largest absolute Gasteiger partial charge is 0.348 e. The lowest BCUT2D eigenvalue weighted by Crippen LogP contribution is -2.35. The summed E-state index contributed by atoms with van der Waals surface area (Å²) in [5.74, 6) is -0.0269. The van der Waals surface area contributed by atoms with Crippen LogP contribution in [-0.2, 0) is 13.0 Å². The molecular formula is C16H19BrN2O. The summed E-state index contributed by atoms with van der Waals surface area (Å²) in [7, 11) is 0. The van der Waals surface area contributed by atoms with Crippen molar-refractivity contribution in [3.63, 3.8) is 0 Å². The first-order chi connectivity index (χ1) is 9.60. The lowest BCUT2D eigenvalue weighted by Gasteiger charge is -2.14. The second-order valence-electron chi connectivity index (χ2n) is 4.89. The fraction of sp³-hybridized carbons (Fsp3) is 0.312. The van der Waals surface area contributed by atoms with Gasteiger partial charge >= 0.3 is 0 Å². The third-order valence-corrected chi connectivity index (χ3v) is 3.63. The van der Waals surface area contributed by atoms with E-state index in [4.69, 9.17) is 0 Å². The average Bonchev–Trinajstić information content (AvgIpc) is 2.81. The third kappa shape index (κ3) is 3.73. The molecule has 0 radical (unpaired) electrons. The van der Waals surface area contributed by atoms with E-state index >= 15 is 0 Å². The van der Waals surface area contributed by atoms with Crippen LogP contribution in [0, 0.1) is 0 Å². The number of hydrogen-bond acceptors (Lipinski definition) is 1. The highest BCUT2D eigenvalue weighted by Crippen LogP contribution is 2.15. The molecule has 0 aliphatic carbocycles. The van der Waals surface area contributed by atoms with Crippen molar-refractivity contribution in [1.29, 1.82) is 0 Å². The molecule has 0 saturated carbocycles.